The molecule has 0 fully saturated rings. The molecule has 0 bridgehead atoms. The predicted molar refractivity (Wildman–Crippen MR) is 77.1 cm³/mol. The molecule has 0 heterocycles. The predicted octanol–water partition coefficient (Wildman–Crippen LogP) is 4.50. The van der Waals surface area contributed by atoms with Crippen molar-refractivity contribution in [1.82, 2.24) is 0 Å². The van der Waals surface area contributed by atoms with Crippen LogP contribution in [0, 0.1) is 25.5 Å². The largest absolute Gasteiger partial charge is 0.485 e. The molecule has 0 radical (unpaired) electrons. The van der Waals surface area contributed by atoms with Crippen molar-refractivity contribution in [1.29, 1.82) is 0 Å². The molecule has 0 spiro atoms. The lowest BCUT2D eigenvalue weighted by atomic mass is 10.1. The molecule has 2 rings (SSSR count). The highest BCUT2D eigenvalue weighted by Crippen LogP contribution is 2.27. The first-order valence-electron chi connectivity index (χ1n) is 6.26. The number of carbonyl (C=O) groups is 1. The number of carbonyl (C=O) groups excluding carboxylic acids is 1. The van der Waals surface area contributed by atoms with E-state index in [-0.39, 0.29) is 12.2 Å². The quantitative estimate of drug-likeness (QED) is 0.777. The van der Waals surface area contributed by atoms with Gasteiger partial charge in [0.2, 0.25) is 0 Å². The zero-order chi connectivity index (χ0) is 15.6. The van der Waals surface area contributed by atoms with Crippen molar-refractivity contribution in [2.45, 2.75) is 13.8 Å². The van der Waals surface area contributed by atoms with Gasteiger partial charge in [0.15, 0.2) is 24.0 Å². The Balaban J connectivity index is 2.13. The minimum atomic E-state index is -1.06. The standard InChI is InChI=1S/C16H13ClF2O2/c1-9-5-12(17)6-10(2)16(9)21-8-15(20)11-3-4-13(18)14(19)7-11/h3-7H,8H2,1-2H3. The molecule has 21 heavy (non-hydrogen) atoms. The first-order valence-corrected chi connectivity index (χ1v) is 6.64. The molecule has 0 aliphatic carbocycles. The highest BCUT2D eigenvalue weighted by molar-refractivity contribution is 6.30. The van der Waals surface area contributed by atoms with E-state index >= 15 is 0 Å². The van der Waals surface area contributed by atoms with Crippen LogP contribution in [-0.2, 0) is 0 Å². The van der Waals surface area contributed by atoms with Gasteiger partial charge in [-0.25, -0.2) is 8.78 Å². The molecule has 0 saturated heterocycles. The minimum Gasteiger partial charge on any atom is -0.485 e. The lowest BCUT2D eigenvalue weighted by Crippen LogP contribution is -2.13. The second-order valence-electron chi connectivity index (χ2n) is 4.71. The van der Waals surface area contributed by atoms with E-state index in [1.165, 1.54) is 6.07 Å². The van der Waals surface area contributed by atoms with Crippen molar-refractivity contribution in [3.8, 4) is 5.75 Å². The summed E-state index contributed by atoms with van der Waals surface area (Å²) in [6, 6.07) is 6.47. The summed E-state index contributed by atoms with van der Waals surface area (Å²) in [4.78, 5) is 11.9. The van der Waals surface area contributed by atoms with Gasteiger partial charge in [-0.2, -0.15) is 0 Å². The molecule has 0 aliphatic rings. The number of ketones is 1. The number of ether oxygens (including phenoxy) is 1. The van der Waals surface area contributed by atoms with E-state index < -0.39 is 17.4 Å². The van der Waals surface area contributed by atoms with Crippen LogP contribution in [0.4, 0.5) is 8.78 Å². The van der Waals surface area contributed by atoms with Crippen LogP contribution in [0.2, 0.25) is 5.02 Å². The molecule has 0 aliphatic heterocycles. The molecular formula is C16H13ClF2O2. The second-order valence-corrected chi connectivity index (χ2v) is 5.15. The fourth-order valence-corrected chi connectivity index (χ4v) is 2.34. The SMILES string of the molecule is Cc1cc(Cl)cc(C)c1OCC(=O)c1ccc(F)c(F)c1. The summed E-state index contributed by atoms with van der Waals surface area (Å²) < 4.78 is 31.4. The Labute approximate surface area is 126 Å². The minimum absolute atomic E-state index is 0.0677. The van der Waals surface area contributed by atoms with E-state index in [1.807, 2.05) is 13.8 Å². The molecule has 2 aromatic carbocycles. The van der Waals surface area contributed by atoms with Crippen LogP contribution in [0.25, 0.3) is 0 Å². The Morgan fingerprint density at radius 2 is 1.71 bits per heavy atom. The van der Waals surface area contributed by atoms with Gasteiger partial charge in [0.1, 0.15) is 5.75 Å². The van der Waals surface area contributed by atoms with Crippen molar-refractivity contribution in [2.75, 3.05) is 6.61 Å². The average molecular weight is 311 g/mol. The summed E-state index contributed by atoms with van der Waals surface area (Å²) in [5.74, 6) is -1.91. The van der Waals surface area contributed by atoms with Gasteiger partial charge in [-0.1, -0.05) is 11.6 Å². The molecule has 0 saturated carbocycles. The van der Waals surface area contributed by atoms with Crippen LogP contribution in [0.3, 0.4) is 0 Å². The van der Waals surface area contributed by atoms with Crippen molar-refractivity contribution in [2.24, 2.45) is 0 Å². The molecule has 0 N–H and O–H groups in total. The number of aryl methyl sites for hydroxylation is 2. The van der Waals surface area contributed by atoms with Gasteiger partial charge in [-0.15, -0.1) is 0 Å². The number of rotatable bonds is 4. The number of Topliss-reactive ketones (excluding diaryl/α,β-unsaturated/α-hetero) is 1. The van der Waals surface area contributed by atoms with Gasteiger partial charge in [0.05, 0.1) is 0 Å². The van der Waals surface area contributed by atoms with Crippen molar-refractivity contribution < 1.29 is 18.3 Å². The summed E-state index contributed by atoms with van der Waals surface area (Å²) >= 11 is 5.91. The lowest BCUT2D eigenvalue weighted by molar-refractivity contribution is 0.0920. The van der Waals surface area contributed by atoms with Crippen LogP contribution in [0.1, 0.15) is 21.5 Å². The van der Waals surface area contributed by atoms with E-state index in [4.69, 9.17) is 16.3 Å². The zero-order valence-corrected chi connectivity index (χ0v) is 12.3. The molecule has 5 heteroatoms. The molecule has 2 aromatic rings. The maximum absolute atomic E-state index is 13.1. The summed E-state index contributed by atoms with van der Waals surface area (Å²) in [5.41, 5.74) is 1.68. The Morgan fingerprint density at radius 1 is 1.10 bits per heavy atom. The third-order valence-electron chi connectivity index (χ3n) is 3.01. The van der Waals surface area contributed by atoms with Crippen LogP contribution < -0.4 is 4.74 Å². The van der Waals surface area contributed by atoms with Crippen LogP contribution in [-0.4, -0.2) is 12.4 Å². The highest BCUT2D eigenvalue weighted by Gasteiger charge is 2.12. The number of benzene rings is 2. The van der Waals surface area contributed by atoms with Crippen LogP contribution >= 0.6 is 11.6 Å². The topological polar surface area (TPSA) is 26.3 Å². The van der Waals surface area contributed by atoms with E-state index in [0.29, 0.717) is 10.8 Å². The third kappa shape index (κ3) is 3.58. The first kappa shape index (κ1) is 15.4. The third-order valence-corrected chi connectivity index (χ3v) is 3.23. The number of hydrogen-bond acceptors (Lipinski definition) is 2. The highest BCUT2D eigenvalue weighted by atomic mass is 35.5. The molecule has 110 valence electrons. The van der Waals surface area contributed by atoms with E-state index in [0.717, 1.165) is 23.3 Å². The second kappa shape index (κ2) is 6.22. The molecule has 0 amide bonds. The van der Waals surface area contributed by atoms with Crippen molar-refractivity contribution >= 4 is 17.4 Å². The normalized spacial score (nSPS) is 10.5. The van der Waals surface area contributed by atoms with Gasteiger partial charge in [-0.05, 0) is 55.3 Å². The van der Waals surface area contributed by atoms with Crippen molar-refractivity contribution in [3.05, 3.63) is 63.7 Å². The summed E-state index contributed by atoms with van der Waals surface area (Å²) in [6.07, 6.45) is 0. The Hall–Kier alpha value is -1.94. The molecule has 0 unspecified atom stereocenters. The maximum atomic E-state index is 13.1. The maximum Gasteiger partial charge on any atom is 0.200 e. The van der Waals surface area contributed by atoms with Gasteiger partial charge in [0, 0.05) is 10.6 Å². The molecule has 2 nitrogen and oxygen atoms in total. The number of hydrogen-bond donors (Lipinski definition) is 0. The first-order chi connectivity index (χ1) is 9.88. The average Bonchev–Trinajstić information content (AvgIpc) is 2.40. The van der Waals surface area contributed by atoms with E-state index in [1.54, 1.807) is 12.1 Å². The van der Waals surface area contributed by atoms with Gasteiger partial charge < -0.3 is 4.74 Å². The monoisotopic (exact) mass is 310 g/mol. The molecule has 0 atom stereocenters. The molecular weight excluding hydrogens is 298 g/mol. The Bertz CT molecular complexity index is 676. The number of halogens is 3. The van der Waals surface area contributed by atoms with Crippen LogP contribution in [0.5, 0.6) is 5.75 Å². The Morgan fingerprint density at radius 3 is 2.29 bits per heavy atom. The zero-order valence-electron chi connectivity index (χ0n) is 11.5. The lowest BCUT2D eigenvalue weighted by Gasteiger charge is -2.12. The summed E-state index contributed by atoms with van der Waals surface area (Å²) in [6.45, 7) is 3.38. The van der Waals surface area contributed by atoms with Gasteiger partial charge in [-0.3, -0.25) is 4.79 Å². The van der Waals surface area contributed by atoms with Gasteiger partial charge >= 0.3 is 0 Å². The fraction of sp³-hybridized carbons (Fsp3) is 0.188. The van der Waals surface area contributed by atoms with E-state index in [2.05, 4.69) is 0 Å². The molecule has 0 aromatic heterocycles. The fourth-order valence-electron chi connectivity index (χ4n) is 2.02. The summed E-state index contributed by atoms with van der Waals surface area (Å²) in [7, 11) is 0. The Kier molecular flexibility index (Phi) is 4.58. The smallest absolute Gasteiger partial charge is 0.200 e. The van der Waals surface area contributed by atoms with Crippen LogP contribution in [0.15, 0.2) is 30.3 Å². The van der Waals surface area contributed by atoms with E-state index in [9.17, 15) is 13.6 Å². The van der Waals surface area contributed by atoms with Crippen molar-refractivity contribution in [3.63, 3.8) is 0 Å². The summed E-state index contributed by atoms with van der Waals surface area (Å²) in [5, 5.41) is 0.587. The van der Waals surface area contributed by atoms with Gasteiger partial charge in [0.25, 0.3) is 0 Å².